The minimum absolute atomic E-state index is 0.293. The Labute approximate surface area is 113 Å². The summed E-state index contributed by atoms with van der Waals surface area (Å²) in [6, 6.07) is 11.1. The Kier molecular flexibility index (Phi) is 3.24. The first-order valence-corrected chi connectivity index (χ1v) is 6.78. The Hall–Kier alpha value is -1.83. The Morgan fingerprint density at radius 1 is 0.947 bits per heavy atom. The van der Waals surface area contributed by atoms with Crippen molar-refractivity contribution in [2.45, 2.75) is 32.6 Å². The highest BCUT2D eigenvalue weighted by Crippen LogP contribution is 2.29. The first-order chi connectivity index (χ1) is 9.22. The van der Waals surface area contributed by atoms with Crippen LogP contribution >= 0.6 is 0 Å². The Balaban J connectivity index is 1.87. The fourth-order valence-electron chi connectivity index (χ4n) is 2.59. The molecule has 1 nitrogen and oxygen atoms in total. The van der Waals surface area contributed by atoms with Crippen molar-refractivity contribution in [1.82, 2.24) is 0 Å². The molecule has 19 heavy (non-hydrogen) atoms. The van der Waals surface area contributed by atoms with Crippen molar-refractivity contribution in [2.75, 3.05) is 0 Å². The number of rotatable bonds is 2. The molecule has 3 rings (SSSR count). The Bertz CT molecular complexity index is 604. The average Bonchev–Trinajstić information content (AvgIpc) is 2.42. The number of benzene rings is 2. The Morgan fingerprint density at radius 2 is 1.74 bits per heavy atom. The second-order valence-electron chi connectivity index (χ2n) is 5.17. The molecule has 0 unspecified atom stereocenters. The predicted octanol–water partition coefficient (Wildman–Crippen LogP) is 4.81. The fraction of sp³-hybridized carbons (Fsp3) is 0.294. The topological polar surface area (TPSA) is 9.23 Å². The van der Waals surface area contributed by atoms with Gasteiger partial charge < -0.3 is 4.74 Å². The summed E-state index contributed by atoms with van der Waals surface area (Å²) in [5.74, 6) is 0.711. The molecule has 2 aromatic carbocycles. The fourth-order valence-corrected chi connectivity index (χ4v) is 2.59. The number of halogens is 1. The number of aryl methyl sites for hydroxylation is 3. The van der Waals surface area contributed by atoms with Gasteiger partial charge in [0.15, 0.2) is 11.6 Å². The molecule has 1 aliphatic rings. The van der Waals surface area contributed by atoms with Gasteiger partial charge >= 0.3 is 0 Å². The van der Waals surface area contributed by atoms with Crippen molar-refractivity contribution in [3.8, 4) is 11.5 Å². The third-order valence-corrected chi connectivity index (χ3v) is 3.64. The molecule has 2 heteroatoms. The maximum Gasteiger partial charge on any atom is 0.165 e. The number of hydrogen-bond acceptors (Lipinski definition) is 1. The lowest BCUT2D eigenvalue weighted by Gasteiger charge is -2.16. The van der Waals surface area contributed by atoms with Crippen LogP contribution in [0.15, 0.2) is 36.4 Å². The Morgan fingerprint density at radius 3 is 2.53 bits per heavy atom. The first-order valence-electron chi connectivity index (χ1n) is 6.78. The van der Waals surface area contributed by atoms with E-state index >= 15 is 0 Å². The summed E-state index contributed by atoms with van der Waals surface area (Å²) in [6.45, 7) is 1.87. The standard InChI is InChI=1S/C17H17FO/c1-12-6-9-17(16(18)10-12)19-15-8-7-13-4-2-3-5-14(13)11-15/h6-11H,2-5H2,1H3. The SMILES string of the molecule is Cc1ccc(Oc2ccc3c(c2)CCCC3)c(F)c1. The van der Waals surface area contributed by atoms with Gasteiger partial charge in [-0.05, 0) is 73.6 Å². The molecule has 2 aromatic rings. The van der Waals surface area contributed by atoms with E-state index in [4.69, 9.17) is 4.74 Å². The molecule has 0 saturated carbocycles. The van der Waals surface area contributed by atoms with Crippen molar-refractivity contribution < 1.29 is 9.13 Å². The van der Waals surface area contributed by atoms with E-state index in [9.17, 15) is 4.39 Å². The van der Waals surface area contributed by atoms with E-state index in [2.05, 4.69) is 6.07 Å². The number of hydrogen-bond donors (Lipinski definition) is 0. The highest BCUT2D eigenvalue weighted by molar-refractivity contribution is 5.40. The van der Waals surface area contributed by atoms with Crippen molar-refractivity contribution >= 4 is 0 Å². The van der Waals surface area contributed by atoms with Gasteiger partial charge in [-0.15, -0.1) is 0 Å². The van der Waals surface area contributed by atoms with Gasteiger partial charge in [0.25, 0.3) is 0 Å². The summed E-state index contributed by atoms with van der Waals surface area (Å²) < 4.78 is 19.4. The predicted molar refractivity (Wildman–Crippen MR) is 74.3 cm³/mol. The average molecular weight is 256 g/mol. The first kappa shape index (κ1) is 12.2. The summed E-state index contributed by atoms with van der Waals surface area (Å²) in [5.41, 5.74) is 3.65. The molecule has 98 valence electrons. The molecule has 0 spiro atoms. The molecule has 0 heterocycles. The molecular weight excluding hydrogens is 239 g/mol. The summed E-state index contributed by atoms with van der Waals surface area (Å²) in [4.78, 5) is 0. The normalized spacial score (nSPS) is 14.0. The molecule has 1 aliphatic carbocycles. The molecule has 0 saturated heterocycles. The van der Waals surface area contributed by atoms with Crippen molar-refractivity contribution in [3.05, 3.63) is 58.9 Å². The highest BCUT2D eigenvalue weighted by Gasteiger charge is 2.11. The molecule has 0 bridgehead atoms. The molecule has 0 atom stereocenters. The third kappa shape index (κ3) is 2.62. The van der Waals surface area contributed by atoms with E-state index in [1.807, 2.05) is 25.1 Å². The lowest BCUT2D eigenvalue weighted by molar-refractivity contribution is 0.441. The largest absolute Gasteiger partial charge is 0.454 e. The van der Waals surface area contributed by atoms with E-state index < -0.39 is 0 Å². The molecular formula is C17H17FO. The van der Waals surface area contributed by atoms with Crippen LogP contribution in [0.2, 0.25) is 0 Å². The van der Waals surface area contributed by atoms with Gasteiger partial charge in [-0.25, -0.2) is 4.39 Å². The zero-order valence-corrected chi connectivity index (χ0v) is 11.1. The van der Waals surface area contributed by atoms with Gasteiger partial charge in [-0.3, -0.25) is 0 Å². The number of fused-ring (bicyclic) bond motifs is 1. The monoisotopic (exact) mass is 256 g/mol. The molecule has 0 N–H and O–H groups in total. The van der Waals surface area contributed by atoms with Gasteiger partial charge in [-0.1, -0.05) is 12.1 Å². The van der Waals surface area contributed by atoms with Crippen molar-refractivity contribution in [2.24, 2.45) is 0 Å². The van der Waals surface area contributed by atoms with Crippen LogP contribution < -0.4 is 4.74 Å². The third-order valence-electron chi connectivity index (χ3n) is 3.64. The van der Waals surface area contributed by atoms with Crippen LogP contribution in [0.3, 0.4) is 0 Å². The second kappa shape index (κ2) is 5.04. The molecule has 0 amide bonds. The maximum atomic E-state index is 13.8. The quantitative estimate of drug-likeness (QED) is 0.749. The van der Waals surface area contributed by atoms with E-state index in [0.717, 1.165) is 24.2 Å². The van der Waals surface area contributed by atoms with E-state index in [-0.39, 0.29) is 5.82 Å². The summed E-state index contributed by atoms with van der Waals surface area (Å²) in [7, 11) is 0. The van der Waals surface area contributed by atoms with Crippen LogP contribution in [-0.2, 0) is 12.8 Å². The van der Waals surface area contributed by atoms with Crippen molar-refractivity contribution in [1.29, 1.82) is 0 Å². The lowest BCUT2D eigenvalue weighted by atomic mass is 9.92. The second-order valence-corrected chi connectivity index (χ2v) is 5.17. The molecule has 0 aliphatic heterocycles. The maximum absolute atomic E-state index is 13.8. The molecule has 0 fully saturated rings. The van der Waals surface area contributed by atoms with Crippen LogP contribution in [-0.4, -0.2) is 0 Å². The summed E-state index contributed by atoms with van der Waals surface area (Å²) >= 11 is 0. The van der Waals surface area contributed by atoms with E-state index in [1.54, 1.807) is 6.07 Å². The minimum Gasteiger partial charge on any atom is -0.454 e. The number of ether oxygens (including phenoxy) is 1. The summed E-state index contributed by atoms with van der Waals surface area (Å²) in [6.07, 6.45) is 4.74. The smallest absolute Gasteiger partial charge is 0.165 e. The van der Waals surface area contributed by atoms with E-state index in [0.29, 0.717) is 5.75 Å². The van der Waals surface area contributed by atoms with Gasteiger partial charge in [0.1, 0.15) is 5.75 Å². The van der Waals surface area contributed by atoms with Gasteiger partial charge in [0.05, 0.1) is 0 Å². The summed E-state index contributed by atoms with van der Waals surface area (Å²) in [5, 5.41) is 0. The van der Waals surface area contributed by atoms with Crippen LogP contribution in [0.25, 0.3) is 0 Å². The van der Waals surface area contributed by atoms with Crippen LogP contribution in [0.4, 0.5) is 4.39 Å². The molecule has 0 radical (unpaired) electrons. The van der Waals surface area contributed by atoms with Gasteiger partial charge in [-0.2, -0.15) is 0 Å². The van der Waals surface area contributed by atoms with Crippen LogP contribution in [0.5, 0.6) is 11.5 Å². The van der Waals surface area contributed by atoms with Crippen molar-refractivity contribution in [3.63, 3.8) is 0 Å². The lowest BCUT2D eigenvalue weighted by Crippen LogP contribution is -2.02. The van der Waals surface area contributed by atoms with Gasteiger partial charge in [0.2, 0.25) is 0 Å². The minimum atomic E-state index is -0.308. The highest BCUT2D eigenvalue weighted by atomic mass is 19.1. The van der Waals surface area contributed by atoms with Gasteiger partial charge in [0, 0.05) is 0 Å². The van der Waals surface area contributed by atoms with Crippen LogP contribution in [0, 0.1) is 12.7 Å². The van der Waals surface area contributed by atoms with E-state index in [1.165, 1.54) is 30.0 Å². The van der Waals surface area contributed by atoms with Crippen LogP contribution in [0.1, 0.15) is 29.5 Å². The molecule has 0 aromatic heterocycles. The zero-order valence-electron chi connectivity index (χ0n) is 11.1. The zero-order chi connectivity index (χ0) is 13.2.